The second-order valence-corrected chi connectivity index (χ2v) is 12.5. The van der Waals surface area contributed by atoms with E-state index >= 15 is 0 Å². The number of rotatable bonds is 3. The van der Waals surface area contributed by atoms with Gasteiger partial charge in [-0.1, -0.05) is 133 Å². The lowest BCUT2D eigenvalue weighted by Crippen LogP contribution is -2.21. The van der Waals surface area contributed by atoms with Crippen molar-refractivity contribution in [3.63, 3.8) is 0 Å². The highest BCUT2D eigenvalue weighted by molar-refractivity contribution is 6.23. The fourth-order valence-corrected chi connectivity index (χ4v) is 7.67. The Morgan fingerprint density at radius 1 is 0.532 bits per heavy atom. The summed E-state index contributed by atoms with van der Waals surface area (Å²) in [6.07, 6.45) is 8.55. The number of aromatic nitrogens is 2. The van der Waals surface area contributed by atoms with E-state index in [1.165, 1.54) is 38.2 Å². The van der Waals surface area contributed by atoms with Crippen LogP contribution in [0.2, 0.25) is 0 Å². The van der Waals surface area contributed by atoms with Gasteiger partial charge in [0.25, 0.3) is 0 Å². The van der Waals surface area contributed by atoms with Gasteiger partial charge >= 0.3 is 0 Å². The molecule has 1 aliphatic carbocycles. The lowest BCUT2D eigenvalue weighted by atomic mass is 9.82. The zero-order valence-electron chi connectivity index (χ0n) is 25.5. The van der Waals surface area contributed by atoms with E-state index in [-0.39, 0.29) is 12.0 Å². The van der Waals surface area contributed by atoms with Gasteiger partial charge in [0, 0.05) is 33.4 Å². The molecule has 1 aliphatic heterocycles. The van der Waals surface area contributed by atoms with Crippen molar-refractivity contribution in [1.29, 1.82) is 0 Å². The maximum atomic E-state index is 6.67. The van der Waals surface area contributed by atoms with Crippen molar-refractivity contribution in [1.82, 2.24) is 9.97 Å². The van der Waals surface area contributed by atoms with Crippen LogP contribution in [-0.2, 0) is 0 Å². The van der Waals surface area contributed by atoms with Gasteiger partial charge in [0.05, 0.1) is 22.9 Å². The van der Waals surface area contributed by atoms with Gasteiger partial charge in [-0.3, -0.25) is 4.98 Å². The molecule has 220 valence electrons. The monoisotopic (exact) mass is 600 g/mol. The third-order valence-electron chi connectivity index (χ3n) is 9.86. The molecule has 7 aromatic carbocycles. The van der Waals surface area contributed by atoms with Crippen LogP contribution < -0.4 is 4.74 Å². The van der Waals surface area contributed by atoms with Crippen molar-refractivity contribution in [3.8, 4) is 28.1 Å². The van der Waals surface area contributed by atoms with E-state index in [1.54, 1.807) is 0 Å². The molecule has 47 heavy (non-hydrogen) atoms. The number of fused-ring (bicyclic) bond motifs is 11. The molecule has 2 aliphatic rings. The summed E-state index contributed by atoms with van der Waals surface area (Å²) in [7, 11) is 0. The molecule has 8 aromatic rings. The Morgan fingerprint density at radius 2 is 1.17 bits per heavy atom. The minimum absolute atomic E-state index is 0.0545. The Labute approximate surface area is 272 Å². The van der Waals surface area contributed by atoms with Gasteiger partial charge in [-0.2, -0.15) is 0 Å². The molecule has 10 rings (SSSR count). The fraction of sp³-hybridized carbons (Fsp3) is 0.0455. The second-order valence-electron chi connectivity index (χ2n) is 12.5. The molecule has 3 nitrogen and oxygen atoms in total. The second kappa shape index (κ2) is 10.2. The number of hydrogen-bond acceptors (Lipinski definition) is 3. The van der Waals surface area contributed by atoms with Crippen LogP contribution in [0.4, 0.5) is 0 Å². The Morgan fingerprint density at radius 3 is 1.96 bits per heavy atom. The molecule has 0 saturated heterocycles. The summed E-state index contributed by atoms with van der Waals surface area (Å²) >= 11 is 0. The molecular formula is C44H28N2O. The SMILES string of the molecule is C1=CC2c3c(ccc4ccccc34)OC2C(c2cccc(-c3cccc(-c4cnc5c6ccccc6c6ccccc6c5n4)c3)c2)=C1. The summed E-state index contributed by atoms with van der Waals surface area (Å²) < 4.78 is 6.67. The Hall–Kier alpha value is -6.06. The maximum absolute atomic E-state index is 6.67. The number of benzene rings is 7. The molecule has 0 amide bonds. The smallest absolute Gasteiger partial charge is 0.135 e. The van der Waals surface area contributed by atoms with Crippen LogP contribution in [0.5, 0.6) is 5.75 Å². The Balaban J connectivity index is 1.03. The van der Waals surface area contributed by atoms with E-state index in [9.17, 15) is 0 Å². The first-order valence-electron chi connectivity index (χ1n) is 16.1. The zero-order chi connectivity index (χ0) is 30.9. The van der Waals surface area contributed by atoms with Gasteiger partial charge in [0.15, 0.2) is 0 Å². The molecular weight excluding hydrogens is 572 g/mol. The predicted molar refractivity (Wildman–Crippen MR) is 194 cm³/mol. The lowest BCUT2D eigenvalue weighted by molar-refractivity contribution is 0.278. The standard InChI is InChI=1S/C44H28N2O/c1-2-15-32-27(10-1)22-23-40-41(32)38-21-9-20-33(44(38)47-40)30-13-7-11-28(24-30)29-12-8-14-31(25-29)39-26-45-42-36-18-5-3-16-34(36)35-17-4-6-19-37(35)43(42)46-39/h1-26,38,44H. The molecule has 0 fully saturated rings. The summed E-state index contributed by atoms with van der Waals surface area (Å²) in [5.41, 5.74) is 9.73. The van der Waals surface area contributed by atoms with Crippen LogP contribution in [0.1, 0.15) is 17.0 Å². The van der Waals surface area contributed by atoms with Crippen LogP contribution in [0.3, 0.4) is 0 Å². The van der Waals surface area contributed by atoms with Gasteiger partial charge in [0.1, 0.15) is 11.9 Å². The van der Waals surface area contributed by atoms with E-state index in [1.807, 2.05) is 6.20 Å². The minimum atomic E-state index is -0.0545. The normalized spacial score (nSPS) is 16.7. The highest BCUT2D eigenvalue weighted by atomic mass is 16.5. The van der Waals surface area contributed by atoms with Gasteiger partial charge in [0.2, 0.25) is 0 Å². The first-order valence-corrected chi connectivity index (χ1v) is 16.1. The number of nitrogens with zero attached hydrogens (tertiary/aromatic N) is 2. The zero-order valence-corrected chi connectivity index (χ0v) is 25.5. The first-order chi connectivity index (χ1) is 23.3. The molecule has 2 atom stereocenters. The summed E-state index contributed by atoms with van der Waals surface area (Å²) in [5.74, 6) is 1.17. The van der Waals surface area contributed by atoms with E-state index in [2.05, 4.69) is 152 Å². The van der Waals surface area contributed by atoms with Gasteiger partial charge < -0.3 is 4.74 Å². The van der Waals surface area contributed by atoms with Gasteiger partial charge in [-0.25, -0.2) is 4.98 Å². The summed E-state index contributed by atoms with van der Waals surface area (Å²) in [4.78, 5) is 10.2. The highest BCUT2D eigenvalue weighted by Gasteiger charge is 2.38. The maximum Gasteiger partial charge on any atom is 0.135 e. The molecule has 0 radical (unpaired) electrons. The topological polar surface area (TPSA) is 35.0 Å². The van der Waals surface area contributed by atoms with Crippen LogP contribution in [0.25, 0.3) is 71.3 Å². The van der Waals surface area contributed by atoms with E-state index < -0.39 is 0 Å². The van der Waals surface area contributed by atoms with Crippen molar-refractivity contribution < 1.29 is 4.74 Å². The van der Waals surface area contributed by atoms with E-state index in [0.717, 1.165) is 49.9 Å². The molecule has 2 unspecified atom stereocenters. The largest absolute Gasteiger partial charge is 0.484 e. The van der Waals surface area contributed by atoms with Crippen LogP contribution >= 0.6 is 0 Å². The van der Waals surface area contributed by atoms with Gasteiger partial charge in [-0.05, 0) is 56.4 Å². The molecule has 2 heterocycles. The summed E-state index contributed by atoms with van der Waals surface area (Å²) in [6.45, 7) is 0. The Kier molecular flexibility index (Phi) is 5.70. The predicted octanol–water partition coefficient (Wildman–Crippen LogP) is 10.9. The van der Waals surface area contributed by atoms with Crippen molar-refractivity contribution in [2.75, 3.05) is 0 Å². The molecule has 0 spiro atoms. The molecule has 3 heteroatoms. The number of ether oxygens (including phenoxy) is 1. The number of allylic oxidation sites excluding steroid dienone is 2. The third-order valence-corrected chi connectivity index (χ3v) is 9.86. The first kappa shape index (κ1) is 26.2. The minimum Gasteiger partial charge on any atom is -0.484 e. The van der Waals surface area contributed by atoms with Crippen LogP contribution in [0, 0.1) is 0 Å². The Bertz CT molecular complexity index is 2600. The van der Waals surface area contributed by atoms with Crippen molar-refractivity contribution in [2.45, 2.75) is 12.0 Å². The third kappa shape index (κ3) is 4.06. The summed E-state index contributed by atoms with van der Waals surface area (Å²) in [5, 5.41) is 7.17. The van der Waals surface area contributed by atoms with Crippen molar-refractivity contribution in [2.24, 2.45) is 0 Å². The molecule has 1 aromatic heterocycles. The fourth-order valence-electron chi connectivity index (χ4n) is 7.67. The van der Waals surface area contributed by atoms with Gasteiger partial charge in [-0.15, -0.1) is 0 Å². The molecule has 0 saturated carbocycles. The number of hydrogen-bond donors (Lipinski definition) is 0. The molecule has 0 bridgehead atoms. The van der Waals surface area contributed by atoms with E-state index in [0.29, 0.717) is 0 Å². The average Bonchev–Trinajstić information content (AvgIpc) is 3.54. The summed E-state index contributed by atoms with van der Waals surface area (Å²) in [6, 6.07) is 47.3. The quantitative estimate of drug-likeness (QED) is 0.189. The van der Waals surface area contributed by atoms with Crippen LogP contribution in [0.15, 0.2) is 158 Å². The average molecular weight is 601 g/mol. The lowest BCUT2D eigenvalue weighted by Gasteiger charge is -2.23. The highest BCUT2D eigenvalue weighted by Crippen LogP contribution is 2.49. The van der Waals surface area contributed by atoms with E-state index in [4.69, 9.17) is 14.7 Å². The van der Waals surface area contributed by atoms with Crippen LogP contribution in [-0.4, -0.2) is 16.1 Å². The van der Waals surface area contributed by atoms with Crippen molar-refractivity contribution in [3.05, 3.63) is 169 Å². The molecule has 0 N–H and O–H groups in total. The van der Waals surface area contributed by atoms with Crippen molar-refractivity contribution >= 4 is 48.9 Å².